The van der Waals surface area contributed by atoms with Crippen LogP contribution < -0.4 is 10.2 Å². The highest BCUT2D eigenvalue weighted by Gasteiger charge is 2.35. The summed E-state index contributed by atoms with van der Waals surface area (Å²) < 4.78 is 40.8. The average Bonchev–Trinajstić information content (AvgIpc) is 2.67. The fourth-order valence-corrected chi connectivity index (χ4v) is 3.98. The van der Waals surface area contributed by atoms with Gasteiger partial charge in [-0.05, 0) is 31.2 Å². The van der Waals surface area contributed by atoms with Crippen molar-refractivity contribution in [1.29, 1.82) is 0 Å². The molecule has 1 heterocycles. The number of carbonyl (C=O) groups is 1. The maximum atomic E-state index is 14.3. The molecule has 1 aromatic carbocycles. The van der Waals surface area contributed by atoms with Crippen molar-refractivity contribution in [2.45, 2.75) is 24.4 Å². The largest absolute Gasteiger partial charge is 0.316 e. The molecule has 1 fully saturated rings. The highest BCUT2D eigenvalue weighted by Crippen LogP contribution is 2.23. The zero-order valence-electron chi connectivity index (χ0n) is 13.5. The lowest BCUT2D eigenvalue weighted by Gasteiger charge is -2.25. The first-order valence-electron chi connectivity index (χ1n) is 7.38. The fraction of sp³-hybridized carbons (Fsp3) is 0.533. The third-order valence-electron chi connectivity index (χ3n) is 3.87. The molecule has 0 aromatic heterocycles. The fourth-order valence-electron chi connectivity index (χ4n) is 2.43. The molecule has 8 heteroatoms. The molecule has 128 valence electrons. The molecule has 23 heavy (non-hydrogen) atoms. The highest BCUT2D eigenvalue weighted by atomic mass is 32.2. The molecule has 1 aliphatic rings. The number of sulfonamides is 1. The molecule has 1 saturated heterocycles. The van der Waals surface area contributed by atoms with Crippen molar-refractivity contribution in [2.24, 2.45) is 0 Å². The number of carbonyl (C=O) groups excluding carboxylic acids is 1. The van der Waals surface area contributed by atoms with E-state index in [1.165, 1.54) is 30.9 Å². The van der Waals surface area contributed by atoms with E-state index in [-0.39, 0.29) is 30.4 Å². The van der Waals surface area contributed by atoms with Crippen LogP contribution in [0.4, 0.5) is 10.1 Å². The lowest BCUT2D eigenvalue weighted by atomic mass is 10.1. The summed E-state index contributed by atoms with van der Waals surface area (Å²) in [5, 5.41) is 2.90. The summed E-state index contributed by atoms with van der Waals surface area (Å²) in [5.41, 5.74) is -1.01. The number of rotatable bonds is 3. The van der Waals surface area contributed by atoms with Gasteiger partial charge in [0.2, 0.25) is 15.9 Å². The number of anilines is 1. The first-order chi connectivity index (χ1) is 10.6. The van der Waals surface area contributed by atoms with Gasteiger partial charge in [-0.1, -0.05) is 0 Å². The Morgan fingerprint density at radius 2 is 1.96 bits per heavy atom. The lowest BCUT2D eigenvalue weighted by Crippen LogP contribution is -2.42. The molecule has 1 N–H and O–H groups in total. The average molecular weight is 343 g/mol. The standard InChI is InChI=1S/C15H22FN3O3S/c1-12(20)18(3)13-4-6-14(7-5-13)23(21,22)19-9-8-17-10-15(2,16)11-19/h4-7,17H,8-11H2,1-3H3. The molecule has 1 aromatic rings. The quantitative estimate of drug-likeness (QED) is 0.889. The van der Waals surface area contributed by atoms with Crippen molar-refractivity contribution in [3.8, 4) is 0 Å². The number of benzene rings is 1. The van der Waals surface area contributed by atoms with Crippen LogP contribution in [0.3, 0.4) is 0 Å². The minimum Gasteiger partial charge on any atom is -0.316 e. The molecule has 1 unspecified atom stereocenters. The third kappa shape index (κ3) is 4.07. The van der Waals surface area contributed by atoms with Crippen LogP contribution in [-0.2, 0) is 14.8 Å². The predicted octanol–water partition coefficient (Wildman–Crippen LogP) is 0.991. The van der Waals surface area contributed by atoms with Gasteiger partial charge in [0, 0.05) is 45.8 Å². The third-order valence-corrected chi connectivity index (χ3v) is 5.73. The highest BCUT2D eigenvalue weighted by molar-refractivity contribution is 7.89. The van der Waals surface area contributed by atoms with Crippen LogP contribution in [0.2, 0.25) is 0 Å². The molecule has 0 radical (unpaired) electrons. The summed E-state index contributed by atoms with van der Waals surface area (Å²) in [7, 11) is -2.16. The molecule has 0 bridgehead atoms. The molecule has 0 saturated carbocycles. The normalized spacial score (nSPS) is 23.3. The smallest absolute Gasteiger partial charge is 0.243 e. The van der Waals surface area contributed by atoms with Crippen molar-refractivity contribution >= 4 is 21.6 Å². The van der Waals surface area contributed by atoms with E-state index in [9.17, 15) is 17.6 Å². The van der Waals surface area contributed by atoms with E-state index >= 15 is 0 Å². The molecule has 0 aliphatic carbocycles. The number of amides is 1. The second-order valence-corrected chi connectivity index (χ2v) is 7.94. The van der Waals surface area contributed by atoms with E-state index in [1.807, 2.05) is 0 Å². The van der Waals surface area contributed by atoms with E-state index in [0.717, 1.165) is 4.31 Å². The Morgan fingerprint density at radius 1 is 1.35 bits per heavy atom. The van der Waals surface area contributed by atoms with Crippen molar-refractivity contribution in [3.63, 3.8) is 0 Å². The van der Waals surface area contributed by atoms with Crippen molar-refractivity contribution < 1.29 is 17.6 Å². The summed E-state index contributed by atoms with van der Waals surface area (Å²) in [6, 6.07) is 6.02. The Morgan fingerprint density at radius 3 is 2.52 bits per heavy atom. The van der Waals surface area contributed by atoms with Gasteiger partial charge in [-0.25, -0.2) is 12.8 Å². The molecule has 6 nitrogen and oxygen atoms in total. The first kappa shape index (κ1) is 17.8. The van der Waals surface area contributed by atoms with Gasteiger partial charge < -0.3 is 10.2 Å². The number of nitrogens with zero attached hydrogens (tertiary/aromatic N) is 2. The molecule has 1 atom stereocenters. The monoisotopic (exact) mass is 343 g/mol. The van der Waals surface area contributed by atoms with Gasteiger partial charge in [0.1, 0.15) is 5.67 Å². The van der Waals surface area contributed by atoms with Crippen LogP contribution in [0.15, 0.2) is 29.2 Å². The minimum absolute atomic E-state index is 0.0934. The molecular weight excluding hydrogens is 321 g/mol. The number of alkyl halides is 1. The predicted molar refractivity (Wildman–Crippen MR) is 86.7 cm³/mol. The Labute approximate surface area is 136 Å². The molecule has 2 rings (SSSR count). The number of halogens is 1. The number of hydrogen-bond donors (Lipinski definition) is 1. The van der Waals surface area contributed by atoms with Gasteiger partial charge in [-0.15, -0.1) is 0 Å². The topological polar surface area (TPSA) is 69.7 Å². The second-order valence-electron chi connectivity index (χ2n) is 6.00. The molecule has 1 amide bonds. The van der Waals surface area contributed by atoms with E-state index in [2.05, 4.69) is 5.32 Å². The van der Waals surface area contributed by atoms with E-state index < -0.39 is 15.7 Å². The van der Waals surface area contributed by atoms with Gasteiger partial charge in [0.15, 0.2) is 0 Å². The first-order valence-corrected chi connectivity index (χ1v) is 8.82. The Balaban J connectivity index is 2.27. The van der Waals surface area contributed by atoms with Crippen LogP contribution >= 0.6 is 0 Å². The van der Waals surface area contributed by atoms with Crippen LogP contribution in [0, 0.1) is 0 Å². The van der Waals surface area contributed by atoms with Gasteiger partial charge in [-0.2, -0.15) is 4.31 Å². The zero-order chi connectivity index (χ0) is 17.3. The van der Waals surface area contributed by atoms with Crippen LogP contribution in [0.5, 0.6) is 0 Å². The van der Waals surface area contributed by atoms with Gasteiger partial charge in [0.25, 0.3) is 0 Å². The summed E-state index contributed by atoms with van der Waals surface area (Å²) in [5.74, 6) is -0.146. The van der Waals surface area contributed by atoms with E-state index in [4.69, 9.17) is 0 Å². The summed E-state index contributed by atoms with van der Waals surface area (Å²) in [4.78, 5) is 12.8. The Hall–Kier alpha value is -1.51. The van der Waals surface area contributed by atoms with Crippen molar-refractivity contribution in [1.82, 2.24) is 9.62 Å². The molecular formula is C15H22FN3O3S. The number of nitrogens with one attached hydrogen (secondary N) is 1. The van der Waals surface area contributed by atoms with Gasteiger partial charge in [0.05, 0.1) is 4.90 Å². The second kappa shape index (κ2) is 6.54. The Kier molecular flexibility index (Phi) is 5.07. The summed E-state index contributed by atoms with van der Waals surface area (Å²) >= 11 is 0. The molecule has 0 spiro atoms. The van der Waals surface area contributed by atoms with E-state index in [0.29, 0.717) is 12.2 Å². The maximum Gasteiger partial charge on any atom is 0.243 e. The zero-order valence-corrected chi connectivity index (χ0v) is 14.4. The van der Waals surface area contributed by atoms with Gasteiger partial charge in [-0.3, -0.25) is 4.79 Å². The maximum absolute atomic E-state index is 14.3. The van der Waals surface area contributed by atoms with Gasteiger partial charge >= 0.3 is 0 Å². The van der Waals surface area contributed by atoms with Crippen LogP contribution in [0.25, 0.3) is 0 Å². The molecule has 1 aliphatic heterocycles. The summed E-state index contributed by atoms with van der Waals surface area (Å²) in [6.45, 7) is 3.38. The van der Waals surface area contributed by atoms with Crippen LogP contribution in [0.1, 0.15) is 13.8 Å². The Bertz CT molecular complexity index is 674. The van der Waals surface area contributed by atoms with Crippen molar-refractivity contribution in [3.05, 3.63) is 24.3 Å². The SMILES string of the molecule is CC(=O)N(C)c1ccc(S(=O)(=O)N2CCNCC(C)(F)C2)cc1. The number of hydrogen-bond acceptors (Lipinski definition) is 4. The summed E-state index contributed by atoms with van der Waals surface area (Å²) in [6.07, 6.45) is 0. The lowest BCUT2D eigenvalue weighted by molar-refractivity contribution is -0.116. The van der Waals surface area contributed by atoms with E-state index in [1.54, 1.807) is 19.2 Å². The minimum atomic E-state index is -3.77. The van der Waals surface area contributed by atoms with Crippen molar-refractivity contribution in [2.75, 3.05) is 38.1 Å². The van der Waals surface area contributed by atoms with Crippen LogP contribution in [-0.4, -0.2) is 57.5 Å².